The molecule has 0 aromatic rings. The van der Waals surface area contributed by atoms with E-state index in [0.29, 0.717) is 18.9 Å². The van der Waals surface area contributed by atoms with E-state index < -0.39 is 0 Å². The second kappa shape index (κ2) is 6.21. The maximum atomic E-state index is 12.5. The van der Waals surface area contributed by atoms with Crippen molar-refractivity contribution >= 4 is 11.8 Å². The summed E-state index contributed by atoms with van der Waals surface area (Å²) in [6.07, 6.45) is 1.57. The highest BCUT2D eigenvalue weighted by atomic mass is 16.2. The molecular formula is C14H26N2O2. The molecule has 1 heterocycles. The average molecular weight is 254 g/mol. The molecule has 2 amide bonds. The minimum Gasteiger partial charge on any atom is -0.342 e. The first kappa shape index (κ1) is 15.0. The summed E-state index contributed by atoms with van der Waals surface area (Å²) in [6.45, 7) is 10.8. The lowest BCUT2D eigenvalue weighted by Crippen LogP contribution is -2.65. The van der Waals surface area contributed by atoms with Gasteiger partial charge in [-0.05, 0) is 18.3 Å². The van der Waals surface area contributed by atoms with Crippen molar-refractivity contribution in [3.05, 3.63) is 0 Å². The molecule has 1 fully saturated rings. The summed E-state index contributed by atoms with van der Waals surface area (Å²) in [4.78, 5) is 26.4. The van der Waals surface area contributed by atoms with E-state index >= 15 is 0 Å². The Morgan fingerprint density at radius 2 is 1.83 bits per heavy atom. The molecule has 3 atom stereocenters. The molecule has 0 aliphatic carbocycles. The molecule has 0 aromatic heterocycles. The maximum absolute atomic E-state index is 12.5. The molecule has 0 saturated carbocycles. The number of piperazine rings is 1. The minimum absolute atomic E-state index is 0.00282. The van der Waals surface area contributed by atoms with E-state index in [9.17, 15) is 9.59 Å². The van der Waals surface area contributed by atoms with E-state index in [2.05, 4.69) is 19.2 Å². The quantitative estimate of drug-likeness (QED) is 0.813. The van der Waals surface area contributed by atoms with Crippen molar-refractivity contribution in [1.82, 2.24) is 10.2 Å². The minimum atomic E-state index is -0.343. The van der Waals surface area contributed by atoms with Crippen LogP contribution in [0.3, 0.4) is 0 Å². The number of hydrogen-bond acceptors (Lipinski definition) is 2. The molecule has 4 nitrogen and oxygen atoms in total. The smallest absolute Gasteiger partial charge is 0.246 e. The van der Waals surface area contributed by atoms with Gasteiger partial charge in [-0.1, -0.05) is 41.0 Å². The van der Waals surface area contributed by atoms with Crippen molar-refractivity contribution in [1.29, 1.82) is 0 Å². The molecule has 104 valence electrons. The lowest BCUT2D eigenvalue weighted by molar-refractivity contribution is -0.151. The Labute approximate surface area is 110 Å². The predicted octanol–water partition coefficient (Wildman–Crippen LogP) is 1.79. The van der Waals surface area contributed by atoms with Gasteiger partial charge in [0.1, 0.15) is 12.1 Å². The molecule has 0 bridgehead atoms. The SMILES string of the molecule is CCC(C)C1NC(=O)C(CC)N(CC(C)C)C1=O. The van der Waals surface area contributed by atoms with Crippen LogP contribution in [0, 0.1) is 11.8 Å². The topological polar surface area (TPSA) is 49.4 Å². The molecule has 1 aliphatic heterocycles. The van der Waals surface area contributed by atoms with Gasteiger partial charge in [0.2, 0.25) is 11.8 Å². The summed E-state index contributed by atoms with van der Waals surface area (Å²) >= 11 is 0. The molecule has 0 spiro atoms. The number of carbonyl (C=O) groups is 2. The highest BCUT2D eigenvalue weighted by molar-refractivity contribution is 5.97. The fourth-order valence-corrected chi connectivity index (χ4v) is 2.42. The van der Waals surface area contributed by atoms with Crippen LogP contribution in [0.15, 0.2) is 0 Å². The molecule has 0 radical (unpaired) electrons. The first-order chi connectivity index (χ1) is 8.42. The van der Waals surface area contributed by atoms with Crippen LogP contribution in [-0.2, 0) is 9.59 Å². The lowest BCUT2D eigenvalue weighted by Gasteiger charge is -2.41. The Kier molecular flexibility index (Phi) is 5.17. The van der Waals surface area contributed by atoms with E-state index in [0.717, 1.165) is 6.42 Å². The van der Waals surface area contributed by atoms with Gasteiger partial charge in [-0.25, -0.2) is 0 Å². The van der Waals surface area contributed by atoms with E-state index in [1.165, 1.54) is 0 Å². The summed E-state index contributed by atoms with van der Waals surface area (Å²) in [7, 11) is 0. The molecule has 1 saturated heterocycles. The maximum Gasteiger partial charge on any atom is 0.246 e. The normalized spacial score (nSPS) is 26.4. The van der Waals surface area contributed by atoms with Crippen molar-refractivity contribution in [3.63, 3.8) is 0 Å². The van der Waals surface area contributed by atoms with Gasteiger partial charge in [0.05, 0.1) is 0 Å². The van der Waals surface area contributed by atoms with E-state index in [1.807, 2.05) is 20.8 Å². The van der Waals surface area contributed by atoms with Crippen LogP contribution in [0.1, 0.15) is 47.5 Å². The summed E-state index contributed by atoms with van der Waals surface area (Å²) < 4.78 is 0. The Bertz CT molecular complexity index is 315. The first-order valence-electron chi connectivity index (χ1n) is 7.03. The number of rotatable bonds is 5. The van der Waals surface area contributed by atoms with Gasteiger partial charge in [-0.2, -0.15) is 0 Å². The molecule has 1 N–H and O–H groups in total. The van der Waals surface area contributed by atoms with E-state index in [-0.39, 0.29) is 29.8 Å². The molecule has 1 aliphatic rings. The van der Waals surface area contributed by atoms with Crippen molar-refractivity contribution < 1.29 is 9.59 Å². The monoisotopic (exact) mass is 254 g/mol. The third-order valence-corrected chi connectivity index (χ3v) is 3.69. The van der Waals surface area contributed by atoms with Gasteiger partial charge in [-0.3, -0.25) is 9.59 Å². The third-order valence-electron chi connectivity index (χ3n) is 3.69. The van der Waals surface area contributed by atoms with Crippen LogP contribution in [0.4, 0.5) is 0 Å². The summed E-state index contributed by atoms with van der Waals surface area (Å²) in [5.41, 5.74) is 0. The zero-order valence-electron chi connectivity index (χ0n) is 12.2. The van der Waals surface area contributed by atoms with Crippen LogP contribution in [0.5, 0.6) is 0 Å². The molecule has 3 unspecified atom stereocenters. The second-order valence-corrected chi connectivity index (χ2v) is 5.68. The third kappa shape index (κ3) is 3.03. The zero-order chi connectivity index (χ0) is 13.9. The van der Waals surface area contributed by atoms with Crippen LogP contribution in [0.2, 0.25) is 0 Å². The Morgan fingerprint density at radius 3 is 2.28 bits per heavy atom. The largest absolute Gasteiger partial charge is 0.342 e. The van der Waals surface area contributed by atoms with Crippen LogP contribution >= 0.6 is 0 Å². The Hall–Kier alpha value is -1.06. The van der Waals surface area contributed by atoms with Crippen molar-refractivity contribution in [3.8, 4) is 0 Å². The number of nitrogens with one attached hydrogen (secondary N) is 1. The van der Waals surface area contributed by atoms with Gasteiger partial charge in [0, 0.05) is 6.54 Å². The Balaban J connectivity index is 2.93. The molecular weight excluding hydrogens is 228 g/mol. The van der Waals surface area contributed by atoms with Crippen LogP contribution < -0.4 is 5.32 Å². The van der Waals surface area contributed by atoms with Crippen LogP contribution in [0.25, 0.3) is 0 Å². The van der Waals surface area contributed by atoms with Crippen molar-refractivity contribution in [2.24, 2.45) is 11.8 Å². The highest BCUT2D eigenvalue weighted by Gasteiger charge is 2.41. The molecule has 18 heavy (non-hydrogen) atoms. The zero-order valence-corrected chi connectivity index (χ0v) is 12.2. The van der Waals surface area contributed by atoms with Crippen molar-refractivity contribution in [2.45, 2.75) is 59.5 Å². The van der Waals surface area contributed by atoms with Gasteiger partial charge in [0.15, 0.2) is 0 Å². The Morgan fingerprint density at radius 1 is 1.22 bits per heavy atom. The highest BCUT2D eigenvalue weighted by Crippen LogP contribution is 2.20. The molecule has 4 heteroatoms. The van der Waals surface area contributed by atoms with Crippen LogP contribution in [-0.4, -0.2) is 35.3 Å². The van der Waals surface area contributed by atoms with Gasteiger partial charge in [0.25, 0.3) is 0 Å². The summed E-state index contributed by atoms with van der Waals surface area (Å²) in [5, 5.41) is 2.89. The van der Waals surface area contributed by atoms with Gasteiger partial charge >= 0.3 is 0 Å². The van der Waals surface area contributed by atoms with Gasteiger partial charge < -0.3 is 10.2 Å². The summed E-state index contributed by atoms with van der Waals surface area (Å²) in [5.74, 6) is 0.660. The fraction of sp³-hybridized carbons (Fsp3) is 0.857. The molecule has 0 aromatic carbocycles. The number of hydrogen-bond donors (Lipinski definition) is 1. The number of amides is 2. The van der Waals surface area contributed by atoms with E-state index in [4.69, 9.17) is 0 Å². The second-order valence-electron chi connectivity index (χ2n) is 5.68. The number of nitrogens with zero attached hydrogens (tertiary/aromatic N) is 1. The standard InChI is InChI=1S/C14H26N2O2/c1-6-10(5)12-14(18)16(8-9(3)4)11(7-2)13(17)15-12/h9-12H,6-8H2,1-5H3,(H,15,17). The lowest BCUT2D eigenvalue weighted by atomic mass is 9.93. The fourth-order valence-electron chi connectivity index (χ4n) is 2.42. The van der Waals surface area contributed by atoms with E-state index in [1.54, 1.807) is 4.90 Å². The van der Waals surface area contributed by atoms with Crippen molar-refractivity contribution in [2.75, 3.05) is 6.54 Å². The number of carbonyl (C=O) groups excluding carboxylic acids is 2. The summed E-state index contributed by atoms with van der Waals surface area (Å²) in [6, 6.07) is -0.635. The predicted molar refractivity (Wildman–Crippen MR) is 72.0 cm³/mol. The molecule has 1 rings (SSSR count). The van der Waals surface area contributed by atoms with Gasteiger partial charge in [-0.15, -0.1) is 0 Å². The average Bonchev–Trinajstić information content (AvgIpc) is 2.32. The first-order valence-corrected chi connectivity index (χ1v) is 7.03.